The van der Waals surface area contributed by atoms with Crippen LogP contribution in [0.1, 0.15) is 34.8 Å². The smallest absolute Gasteiger partial charge is 0.296 e. The number of rotatable bonds is 4. The van der Waals surface area contributed by atoms with Crippen LogP contribution in [0.4, 0.5) is 4.39 Å². The molecule has 0 saturated heterocycles. The fourth-order valence-electron chi connectivity index (χ4n) is 3.12. The third-order valence-corrected chi connectivity index (χ3v) is 4.57. The zero-order valence-electron chi connectivity index (χ0n) is 15.1. The summed E-state index contributed by atoms with van der Waals surface area (Å²) in [6, 6.07) is 4.55. The second kappa shape index (κ2) is 7.77. The lowest BCUT2D eigenvalue weighted by molar-refractivity contribution is -0.133. The van der Waals surface area contributed by atoms with Gasteiger partial charge >= 0.3 is 0 Å². The van der Waals surface area contributed by atoms with Crippen molar-refractivity contribution in [3.05, 3.63) is 57.5 Å². The maximum absolute atomic E-state index is 13.0. The summed E-state index contributed by atoms with van der Waals surface area (Å²) in [4.78, 5) is 42.1. The second-order valence-electron chi connectivity index (χ2n) is 6.34. The van der Waals surface area contributed by atoms with Crippen LogP contribution in [0.3, 0.4) is 0 Å². The Kier molecular flexibility index (Phi) is 5.41. The minimum absolute atomic E-state index is 0.0266. The van der Waals surface area contributed by atoms with Gasteiger partial charge in [0.05, 0.1) is 6.61 Å². The summed E-state index contributed by atoms with van der Waals surface area (Å²) in [5.74, 6) is -2.32. The maximum Gasteiger partial charge on any atom is 0.296 e. The van der Waals surface area contributed by atoms with Crippen molar-refractivity contribution in [2.75, 3.05) is 13.2 Å². The first kappa shape index (κ1) is 19.5. The Hall–Kier alpha value is -3.27. The molecule has 28 heavy (non-hydrogen) atoms. The van der Waals surface area contributed by atoms with Crippen molar-refractivity contribution in [3.8, 4) is 5.75 Å². The zero-order valence-corrected chi connectivity index (χ0v) is 15.1. The summed E-state index contributed by atoms with van der Waals surface area (Å²) in [6.45, 7) is 1.12. The predicted octanol–water partition coefficient (Wildman–Crippen LogP) is -0.0865. The van der Waals surface area contributed by atoms with E-state index >= 15 is 0 Å². The van der Waals surface area contributed by atoms with E-state index in [0.717, 1.165) is 4.57 Å². The van der Waals surface area contributed by atoms with Crippen molar-refractivity contribution in [2.45, 2.75) is 26.1 Å². The van der Waals surface area contributed by atoms with E-state index in [1.54, 1.807) is 0 Å². The summed E-state index contributed by atoms with van der Waals surface area (Å²) >= 11 is 0. The summed E-state index contributed by atoms with van der Waals surface area (Å²) in [7, 11) is 0. The maximum atomic E-state index is 13.0. The number of nitrogens with zero attached hydrogens (tertiary/aromatic N) is 3. The van der Waals surface area contributed by atoms with Crippen LogP contribution in [-0.2, 0) is 17.9 Å². The van der Waals surface area contributed by atoms with Crippen molar-refractivity contribution in [2.24, 2.45) is 0 Å². The molecule has 0 saturated carbocycles. The van der Waals surface area contributed by atoms with Gasteiger partial charge in [0.15, 0.2) is 5.69 Å². The topological polar surface area (TPSA) is 125 Å². The number of aliphatic hydroxyl groups excluding tert-OH is 1. The van der Waals surface area contributed by atoms with E-state index in [1.165, 1.54) is 36.1 Å². The summed E-state index contributed by atoms with van der Waals surface area (Å²) in [5, 5.41) is 22.3. The van der Waals surface area contributed by atoms with Crippen LogP contribution >= 0.6 is 0 Å². The van der Waals surface area contributed by atoms with Crippen molar-refractivity contribution >= 4 is 11.8 Å². The van der Waals surface area contributed by atoms with Crippen LogP contribution in [0.25, 0.3) is 0 Å². The highest BCUT2D eigenvalue weighted by Crippen LogP contribution is 2.24. The largest absolute Gasteiger partial charge is 0.501 e. The van der Waals surface area contributed by atoms with Crippen LogP contribution in [-0.4, -0.2) is 49.6 Å². The van der Waals surface area contributed by atoms with Gasteiger partial charge in [-0.2, -0.15) is 0 Å². The molecule has 0 bridgehead atoms. The molecule has 2 aromatic rings. The number of aliphatic hydroxyl groups is 1. The first-order valence-corrected chi connectivity index (χ1v) is 8.58. The molecule has 1 aromatic heterocycles. The molecule has 3 N–H and O–H groups in total. The van der Waals surface area contributed by atoms with Gasteiger partial charge in [-0.25, -0.2) is 9.37 Å². The zero-order chi connectivity index (χ0) is 20.4. The third kappa shape index (κ3) is 3.58. The Morgan fingerprint density at radius 3 is 2.57 bits per heavy atom. The standard InChI is InChI=1S/C18H19FN4O5/c1-10(25)22-6-7-23-16(13(22)9-24)21-14(15(26)18(23)28)17(27)20-8-11-2-4-12(19)5-3-11/h2-5,13,24,26H,6-9H2,1H3,(H,20,27). The van der Waals surface area contributed by atoms with Crippen molar-refractivity contribution in [3.63, 3.8) is 0 Å². The van der Waals surface area contributed by atoms with Crippen LogP contribution in [0, 0.1) is 5.82 Å². The van der Waals surface area contributed by atoms with Crippen LogP contribution in [0.2, 0.25) is 0 Å². The lowest BCUT2D eigenvalue weighted by Gasteiger charge is -2.35. The van der Waals surface area contributed by atoms with Gasteiger partial charge in [0.1, 0.15) is 17.7 Å². The fourth-order valence-corrected chi connectivity index (χ4v) is 3.12. The normalized spacial score (nSPS) is 15.8. The number of amides is 2. The van der Waals surface area contributed by atoms with Gasteiger partial charge in [0.25, 0.3) is 11.5 Å². The van der Waals surface area contributed by atoms with Gasteiger partial charge in [-0.3, -0.25) is 19.0 Å². The van der Waals surface area contributed by atoms with Crippen LogP contribution in [0.15, 0.2) is 29.1 Å². The second-order valence-corrected chi connectivity index (χ2v) is 6.34. The predicted molar refractivity (Wildman–Crippen MR) is 94.9 cm³/mol. The van der Waals surface area contributed by atoms with Crippen LogP contribution in [0.5, 0.6) is 5.75 Å². The van der Waals surface area contributed by atoms with Gasteiger partial charge in [-0.1, -0.05) is 12.1 Å². The molecule has 1 aliphatic rings. The Bertz CT molecular complexity index is 973. The molecule has 0 radical (unpaired) electrons. The highest BCUT2D eigenvalue weighted by molar-refractivity contribution is 5.94. The molecule has 3 rings (SSSR count). The number of benzene rings is 1. The summed E-state index contributed by atoms with van der Waals surface area (Å²) in [6.07, 6.45) is 0. The first-order valence-electron chi connectivity index (χ1n) is 8.58. The molecule has 0 fully saturated rings. The van der Waals surface area contributed by atoms with E-state index in [2.05, 4.69) is 10.3 Å². The first-order chi connectivity index (χ1) is 13.3. The Balaban J connectivity index is 1.91. The van der Waals surface area contributed by atoms with E-state index in [9.17, 15) is 29.0 Å². The number of fused-ring (bicyclic) bond motifs is 1. The monoisotopic (exact) mass is 390 g/mol. The van der Waals surface area contributed by atoms with Crippen LogP contribution < -0.4 is 10.9 Å². The number of carbonyl (C=O) groups is 2. The van der Waals surface area contributed by atoms with Gasteiger partial charge in [0.2, 0.25) is 11.7 Å². The summed E-state index contributed by atoms with van der Waals surface area (Å²) < 4.78 is 14.1. The Morgan fingerprint density at radius 1 is 1.29 bits per heavy atom. The van der Waals surface area contributed by atoms with Crippen molar-refractivity contribution in [1.29, 1.82) is 0 Å². The third-order valence-electron chi connectivity index (χ3n) is 4.57. The quantitative estimate of drug-likeness (QED) is 0.670. The van der Waals surface area contributed by atoms with E-state index in [4.69, 9.17) is 0 Å². The minimum atomic E-state index is -0.900. The molecular formula is C18H19FN4O5. The molecule has 148 valence electrons. The highest BCUT2D eigenvalue weighted by atomic mass is 19.1. The molecule has 0 aliphatic carbocycles. The van der Waals surface area contributed by atoms with Crippen molar-refractivity contribution in [1.82, 2.24) is 19.8 Å². The molecular weight excluding hydrogens is 371 g/mol. The van der Waals surface area contributed by atoms with Gasteiger partial charge in [-0.15, -0.1) is 0 Å². The lowest BCUT2D eigenvalue weighted by Crippen LogP contribution is -2.47. The molecule has 1 atom stereocenters. The number of halogens is 1. The molecule has 10 heteroatoms. The summed E-state index contributed by atoms with van der Waals surface area (Å²) in [5.41, 5.74) is -0.708. The number of aromatic hydroxyl groups is 1. The SMILES string of the molecule is CC(=O)N1CCn2c(nc(C(=O)NCc3ccc(F)cc3)c(O)c2=O)C1CO. The Morgan fingerprint density at radius 2 is 1.96 bits per heavy atom. The Labute approximate surface area is 159 Å². The molecule has 0 spiro atoms. The van der Waals surface area contributed by atoms with E-state index in [0.29, 0.717) is 5.56 Å². The minimum Gasteiger partial charge on any atom is -0.501 e. The van der Waals surface area contributed by atoms with E-state index < -0.39 is 41.4 Å². The molecule has 2 amide bonds. The van der Waals surface area contributed by atoms with E-state index in [1.807, 2.05) is 0 Å². The number of hydrogen-bond acceptors (Lipinski definition) is 6. The lowest BCUT2D eigenvalue weighted by atomic mass is 10.1. The number of hydrogen-bond donors (Lipinski definition) is 3. The fraction of sp³-hybridized carbons (Fsp3) is 0.333. The average molecular weight is 390 g/mol. The van der Waals surface area contributed by atoms with Crippen molar-refractivity contribution < 1.29 is 24.2 Å². The average Bonchev–Trinajstić information content (AvgIpc) is 2.68. The molecule has 1 unspecified atom stereocenters. The number of carbonyl (C=O) groups excluding carboxylic acids is 2. The van der Waals surface area contributed by atoms with Gasteiger partial charge < -0.3 is 20.4 Å². The molecule has 1 aliphatic heterocycles. The number of aromatic nitrogens is 2. The van der Waals surface area contributed by atoms with E-state index in [-0.39, 0.29) is 31.4 Å². The molecule has 2 heterocycles. The van der Waals surface area contributed by atoms with Gasteiger partial charge in [0, 0.05) is 26.6 Å². The molecule has 9 nitrogen and oxygen atoms in total. The number of nitrogens with one attached hydrogen (secondary N) is 1. The van der Waals surface area contributed by atoms with Gasteiger partial charge in [-0.05, 0) is 17.7 Å². The highest BCUT2D eigenvalue weighted by Gasteiger charge is 2.33. The molecule has 1 aromatic carbocycles.